The van der Waals surface area contributed by atoms with Gasteiger partial charge in [-0.1, -0.05) is 13.8 Å². The summed E-state index contributed by atoms with van der Waals surface area (Å²) >= 11 is 0. The Morgan fingerprint density at radius 3 is 2.15 bits per heavy atom. The molecule has 74 valence electrons. The van der Waals surface area contributed by atoms with Gasteiger partial charge in [0, 0.05) is 6.20 Å². The summed E-state index contributed by atoms with van der Waals surface area (Å²) in [7, 11) is 0. The minimum absolute atomic E-state index is 0.375. The standard InChI is InChI=1S/C5H4F3N3.C2H6/c6-5(7,8)3-1-2-10-4(9)11-3;1-2/h1-2H,(H2,9,10,11);1-2H3. The topological polar surface area (TPSA) is 51.8 Å². The first-order valence-corrected chi connectivity index (χ1v) is 3.66. The highest BCUT2D eigenvalue weighted by atomic mass is 19.4. The number of alkyl halides is 3. The number of aromatic nitrogens is 2. The molecule has 0 unspecified atom stereocenters. The zero-order valence-corrected chi connectivity index (χ0v) is 7.26. The number of nitrogens with two attached hydrogens (primary N) is 1. The molecule has 0 bridgehead atoms. The van der Waals surface area contributed by atoms with Crippen molar-refractivity contribution in [1.82, 2.24) is 9.97 Å². The van der Waals surface area contributed by atoms with Gasteiger partial charge in [-0.2, -0.15) is 13.2 Å². The summed E-state index contributed by atoms with van der Waals surface area (Å²) in [5.41, 5.74) is 3.91. The highest BCUT2D eigenvalue weighted by Gasteiger charge is 2.32. The van der Waals surface area contributed by atoms with Crippen LogP contribution in [0.2, 0.25) is 0 Å². The fourth-order valence-corrected chi connectivity index (χ4v) is 0.532. The van der Waals surface area contributed by atoms with Crippen LogP contribution in [0.15, 0.2) is 12.3 Å². The van der Waals surface area contributed by atoms with Crippen LogP contribution in [-0.4, -0.2) is 9.97 Å². The third-order valence-corrected chi connectivity index (χ3v) is 0.965. The molecule has 0 saturated heterocycles. The van der Waals surface area contributed by atoms with Crippen LogP contribution in [0.1, 0.15) is 19.5 Å². The van der Waals surface area contributed by atoms with Crippen LogP contribution in [-0.2, 0) is 6.18 Å². The molecule has 0 fully saturated rings. The normalized spacial score (nSPS) is 10.2. The van der Waals surface area contributed by atoms with Crippen LogP contribution in [0.4, 0.5) is 19.1 Å². The van der Waals surface area contributed by atoms with Gasteiger partial charge in [0.2, 0.25) is 5.95 Å². The predicted molar refractivity (Wildman–Crippen MR) is 42.8 cm³/mol. The van der Waals surface area contributed by atoms with Gasteiger partial charge in [-0.15, -0.1) is 0 Å². The van der Waals surface area contributed by atoms with E-state index in [9.17, 15) is 13.2 Å². The molecule has 13 heavy (non-hydrogen) atoms. The first kappa shape index (κ1) is 11.7. The first-order chi connectivity index (χ1) is 6.00. The number of nitrogen functional groups attached to an aromatic ring is 1. The van der Waals surface area contributed by atoms with Crippen LogP contribution >= 0.6 is 0 Å². The van der Waals surface area contributed by atoms with Crippen LogP contribution in [0.25, 0.3) is 0 Å². The quantitative estimate of drug-likeness (QED) is 0.686. The molecule has 0 saturated carbocycles. The molecule has 1 aromatic rings. The highest BCUT2D eigenvalue weighted by molar-refractivity contribution is 5.18. The molecule has 0 amide bonds. The third kappa shape index (κ3) is 3.73. The van der Waals surface area contributed by atoms with Gasteiger partial charge in [-0.25, -0.2) is 9.97 Å². The Hall–Kier alpha value is -1.33. The zero-order chi connectivity index (χ0) is 10.5. The zero-order valence-electron chi connectivity index (χ0n) is 7.26. The van der Waals surface area contributed by atoms with Gasteiger partial charge in [-0.3, -0.25) is 0 Å². The Bertz CT molecular complexity index is 259. The van der Waals surface area contributed by atoms with Crippen molar-refractivity contribution in [2.75, 3.05) is 5.73 Å². The number of hydrogen-bond donors (Lipinski definition) is 1. The van der Waals surface area contributed by atoms with Crippen molar-refractivity contribution in [3.8, 4) is 0 Å². The lowest BCUT2D eigenvalue weighted by atomic mass is 10.4. The molecule has 6 heteroatoms. The van der Waals surface area contributed by atoms with Gasteiger partial charge in [-0.05, 0) is 6.07 Å². The minimum atomic E-state index is -4.45. The molecule has 0 atom stereocenters. The van der Waals surface area contributed by atoms with Crippen LogP contribution in [0, 0.1) is 0 Å². The Morgan fingerprint density at radius 1 is 1.31 bits per heavy atom. The molecule has 1 heterocycles. The van der Waals surface area contributed by atoms with Crippen molar-refractivity contribution in [2.24, 2.45) is 0 Å². The van der Waals surface area contributed by atoms with Gasteiger partial charge < -0.3 is 5.73 Å². The van der Waals surface area contributed by atoms with Crippen molar-refractivity contribution in [1.29, 1.82) is 0 Å². The largest absolute Gasteiger partial charge is 0.433 e. The molecule has 0 aliphatic heterocycles. The van der Waals surface area contributed by atoms with Gasteiger partial charge in [0.15, 0.2) is 0 Å². The van der Waals surface area contributed by atoms with E-state index in [0.29, 0.717) is 0 Å². The van der Waals surface area contributed by atoms with Crippen molar-refractivity contribution in [2.45, 2.75) is 20.0 Å². The van der Waals surface area contributed by atoms with E-state index in [1.807, 2.05) is 13.8 Å². The van der Waals surface area contributed by atoms with E-state index in [2.05, 4.69) is 9.97 Å². The summed E-state index contributed by atoms with van der Waals surface area (Å²) in [6.45, 7) is 4.00. The molecule has 0 radical (unpaired) electrons. The summed E-state index contributed by atoms with van der Waals surface area (Å²) in [6.07, 6.45) is -3.48. The second-order valence-electron chi connectivity index (χ2n) is 1.80. The Kier molecular flexibility index (Phi) is 4.16. The minimum Gasteiger partial charge on any atom is -0.368 e. The van der Waals surface area contributed by atoms with Crippen LogP contribution < -0.4 is 5.73 Å². The summed E-state index contributed by atoms with van der Waals surface area (Å²) < 4.78 is 35.5. The van der Waals surface area contributed by atoms with Crippen molar-refractivity contribution < 1.29 is 13.2 Å². The maximum atomic E-state index is 11.8. The van der Waals surface area contributed by atoms with E-state index < -0.39 is 11.9 Å². The van der Waals surface area contributed by atoms with Crippen LogP contribution in [0.3, 0.4) is 0 Å². The Labute approximate surface area is 73.8 Å². The van der Waals surface area contributed by atoms with E-state index in [1.165, 1.54) is 0 Å². The lowest BCUT2D eigenvalue weighted by molar-refractivity contribution is -0.141. The van der Waals surface area contributed by atoms with E-state index in [-0.39, 0.29) is 5.95 Å². The molecule has 0 spiro atoms. The first-order valence-electron chi connectivity index (χ1n) is 3.66. The number of anilines is 1. The van der Waals surface area contributed by atoms with Gasteiger partial charge in [0.05, 0.1) is 0 Å². The second-order valence-corrected chi connectivity index (χ2v) is 1.80. The lowest BCUT2D eigenvalue weighted by Crippen LogP contribution is -2.09. The SMILES string of the molecule is CC.Nc1nccc(C(F)(F)F)n1. The van der Waals surface area contributed by atoms with Crippen molar-refractivity contribution in [3.63, 3.8) is 0 Å². The second kappa shape index (κ2) is 4.64. The predicted octanol–water partition coefficient (Wildman–Crippen LogP) is 2.10. The molecule has 0 aromatic carbocycles. The molecule has 1 rings (SSSR count). The number of halogens is 3. The van der Waals surface area contributed by atoms with E-state index in [0.717, 1.165) is 12.3 Å². The summed E-state index contributed by atoms with van der Waals surface area (Å²) in [6, 6.07) is 0.760. The molecular formula is C7H10F3N3. The average molecular weight is 193 g/mol. The monoisotopic (exact) mass is 193 g/mol. The highest BCUT2D eigenvalue weighted by Crippen LogP contribution is 2.26. The molecule has 0 aliphatic carbocycles. The average Bonchev–Trinajstić information content (AvgIpc) is 2.06. The smallest absolute Gasteiger partial charge is 0.368 e. The lowest BCUT2D eigenvalue weighted by Gasteiger charge is -2.03. The Morgan fingerprint density at radius 2 is 1.85 bits per heavy atom. The van der Waals surface area contributed by atoms with E-state index in [4.69, 9.17) is 5.73 Å². The molecular weight excluding hydrogens is 183 g/mol. The Balaban J connectivity index is 0.000000671. The fourth-order valence-electron chi connectivity index (χ4n) is 0.532. The maximum Gasteiger partial charge on any atom is 0.433 e. The van der Waals surface area contributed by atoms with E-state index >= 15 is 0 Å². The van der Waals surface area contributed by atoms with Gasteiger partial charge in [0.1, 0.15) is 5.69 Å². The summed E-state index contributed by atoms with van der Waals surface area (Å²) in [5, 5.41) is 0. The molecule has 0 aliphatic rings. The van der Waals surface area contributed by atoms with Crippen LogP contribution in [0.5, 0.6) is 0 Å². The third-order valence-electron chi connectivity index (χ3n) is 0.965. The van der Waals surface area contributed by atoms with Crippen molar-refractivity contribution in [3.05, 3.63) is 18.0 Å². The molecule has 2 N–H and O–H groups in total. The molecule has 3 nitrogen and oxygen atoms in total. The summed E-state index contributed by atoms with van der Waals surface area (Å²) in [5.74, 6) is -0.375. The summed E-state index contributed by atoms with van der Waals surface area (Å²) in [4.78, 5) is 6.31. The fraction of sp³-hybridized carbons (Fsp3) is 0.429. The number of nitrogens with zero attached hydrogens (tertiary/aromatic N) is 2. The van der Waals surface area contributed by atoms with E-state index in [1.54, 1.807) is 0 Å². The number of hydrogen-bond acceptors (Lipinski definition) is 3. The maximum absolute atomic E-state index is 11.8. The van der Waals surface area contributed by atoms with Crippen molar-refractivity contribution >= 4 is 5.95 Å². The molecule has 1 aromatic heterocycles. The number of rotatable bonds is 0. The van der Waals surface area contributed by atoms with Gasteiger partial charge in [0.25, 0.3) is 0 Å². The van der Waals surface area contributed by atoms with Gasteiger partial charge >= 0.3 is 6.18 Å².